The van der Waals surface area contributed by atoms with E-state index in [4.69, 9.17) is 27.9 Å². The van der Waals surface area contributed by atoms with Gasteiger partial charge in [-0.3, -0.25) is 4.79 Å². The molecule has 0 amide bonds. The topological polar surface area (TPSA) is 55.4 Å². The van der Waals surface area contributed by atoms with Gasteiger partial charge in [0.2, 0.25) is 0 Å². The van der Waals surface area contributed by atoms with Gasteiger partial charge in [0.1, 0.15) is 0 Å². The zero-order chi connectivity index (χ0) is 18.8. The molecule has 0 saturated carbocycles. The summed E-state index contributed by atoms with van der Waals surface area (Å²) < 4.78 is 5.39. The summed E-state index contributed by atoms with van der Waals surface area (Å²) in [6.45, 7) is 4.12. The Morgan fingerprint density at radius 3 is 2.73 bits per heavy atom. The quantitative estimate of drug-likeness (QED) is 0.737. The van der Waals surface area contributed by atoms with Crippen LogP contribution >= 0.6 is 23.2 Å². The van der Waals surface area contributed by atoms with Gasteiger partial charge in [0.15, 0.2) is 5.78 Å². The van der Waals surface area contributed by atoms with E-state index in [9.17, 15) is 9.59 Å². The maximum atomic E-state index is 12.8. The highest BCUT2D eigenvalue weighted by Gasteiger charge is 2.39. The van der Waals surface area contributed by atoms with E-state index in [1.807, 2.05) is 19.9 Å². The lowest BCUT2D eigenvalue weighted by Gasteiger charge is -2.34. The van der Waals surface area contributed by atoms with Gasteiger partial charge < -0.3 is 10.1 Å². The number of hydrogen-bond donors (Lipinski definition) is 1. The summed E-state index contributed by atoms with van der Waals surface area (Å²) in [6.07, 6.45) is 2.81. The summed E-state index contributed by atoms with van der Waals surface area (Å²) >= 11 is 12.3. The van der Waals surface area contributed by atoms with Crippen LogP contribution in [0.2, 0.25) is 10.0 Å². The second kappa shape index (κ2) is 7.85. The van der Waals surface area contributed by atoms with Crippen molar-refractivity contribution in [3.8, 4) is 0 Å². The zero-order valence-electron chi connectivity index (χ0n) is 14.8. The highest BCUT2D eigenvalue weighted by Crippen LogP contribution is 2.43. The normalized spacial score (nSPS) is 20.0. The van der Waals surface area contributed by atoms with Crippen LogP contribution in [-0.2, 0) is 14.3 Å². The molecule has 138 valence electrons. The van der Waals surface area contributed by atoms with Gasteiger partial charge in [-0.25, -0.2) is 4.79 Å². The number of nitrogens with one attached hydrogen (secondary N) is 1. The third-order valence-corrected chi connectivity index (χ3v) is 5.45. The molecule has 1 atom stereocenters. The molecule has 1 aliphatic heterocycles. The van der Waals surface area contributed by atoms with Gasteiger partial charge in [-0.1, -0.05) is 36.2 Å². The number of allylic oxidation sites excluding steroid dienone is 3. The van der Waals surface area contributed by atoms with E-state index in [-0.39, 0.29) is 5.78 Å². The van der Waals surface area contributed by atoms with Crippen molar-refractivity contribution in [1.29, 1.82) is 0 Å². The number of halogens is 2. The van der Waals surface area contributed by atoms with E-state index < -0.39 is 11.9 Å². The molecule has 2 aliphatic rings. The van der Waals surface area contributed by atoms with E-state index in [1.54, 1.807) is 12.1 Å². The number of Topliss-reactive ketones (excluding diaryl/α,β-unsaturated/α-hetero) is 1. The van der Waals surface area contributed by atoms with Crippen LogP contribution in [-0.4, -0.2) is 18.4 Å². The number of benzene rings is 1. The second-order valence-corrected chi connectivity index (χ2v) is 7.39. The van der Waals surface area contributed by atoms with Crippen LogP contribution in [0.15, 0.2) is 40.7 Å². The van der Waals surface area contributed by atoms with Crippen molar-refractivity contribution < 1.29 is 14.3 Å². The molecule has 1 N–H and O–H groups in total. The fourth-order valence-corrected chi connectivity index (χ4v) is 3.86. The Morgan fingerprint density at radius 2 is 2.04 bits per heavy atom. The van der Waals surface area contributed by atoms with Crippen LogP contribution in [0.5, 0.6) is 0 Å². The Morgan fingerprint density at radius 1 is 1.27 bits per heavy atom. The minimum atomic E-state index is -0.488. The van der Waals surface area contributed by atoms with Gasteiger partial charge >= 0.3 is 5.97 Å². The molecular formula is C20H21Cl2NO3. The molecule has 1 aromatic rings. The Kier molecular flexibility index (Phi) is 5.73. The summed E-state index contributed by atoms with van der Waals surface area (Å²) in [5.41, 5.74) is 3.48. The van der Waals surface area contributed by atoms with E-state index in [2.05, 4.69) is 5.32 Å². The number of hydrogen-bond acceptors (Lipinski definition) is 4. The summed E-state index contributed by atoms with van der Waals surface area (Å²) in [4.78, 5) is 25.5. The maximum absolute atomic E-state index is 12.8. The Balaban J connectivity index is 2.13. The molecule has 1 aromatic carbocycles. The molecule has 0 fully saturated rings. The molecule has 0 saturated heterocycles. The standard InChI is InChI=1S/C20H21Cl2NO3/c1-3-9-26-20(25)17-11(2)23-15-5-4-6-16(24)19(15)18(17)12-7-8-13(21)14(22)10-12/h7-8,10,18,23H,3-6,9H2,1-2H3/t18-/m0/s1. The fourth-order valence-electron chi connectivity index (χ4n) is 3.55. The summed E-state index contributed by atoms with van der Waals surface area (Å²) in [7, 11) is 0. The molecule has 26 heavy (non-hydrogen) atoms. The first-order valence-corrected chi connectivity index (χ1v) is 9.55. The molecule has 0 bridgehead atoms. The highest BCUT2D eigenvalue weighted by atomic mass is 35.5. The predicted molar refractivity (Wildman–Crippen MR) is 102 cm³/mol. The lowest BCUT2D eigenvalue weighted by molar-refractivity contribution is -0.139. The van der Waals surface area contributed by atoms with E-state index >= 15 is 0 Å². The van der Waals surface area contributed by atoms with E-state index in [0.29, 0.717) is 34.2 Å². The Hall–Kier alpha value is -1.78. The number of ketones is 1. The molecule has 1 aliphatic carbocycles. The number of dihydropyridines is 1. The van der Waals surface area contributed by atoms with Crippen LogP contribution in [0, 0.1) is 0 Å². The van der Waals surface area contributed by atoms with E-state index in [0.717, 1.165) is 36.2 Å². The molecule has 0 radical (unpaired) electrons. The first kappa shape index (κ1) is 19.0. The summed E-state index contributed by atoms with van der Waals surface area (Å²) in [6, 6.07) is 5.24. The van der Waals surface area contributed by atoms with Crippen molar-refractivity contribution >= 4 is 35.0 Å². The lowest BCUT2D eigenvalue weighted by atomic mass is 9.75. The largest absolute Gasteiger partial charge is 0.462 e. The molecule has 0 spiro atoms. The Bertz CT molecular complexity index is 826. The van der Waals surface area contributed by atoms with Gasteiger partial charge in [0.05, 0.1) is 22.2 Å². The van der Waals surface area contributed by atoms with Crippen molar-refractivity contribution in [2.24, 2.45) is 0 Å². The van der Waals surface area contributed by atoms with E-state index in [1.165, 1.54) is 0 Å². The van der Waals surface area contributed by atoms with Crippen LogP contribution in [0.4, 0.5) is 0 Å². The number of esters is 1. The van der Waals surface area contributed by atoms with Gasteiger partial charge in [0, 0.05) is 29.3 Å². The molecule has 1 heterocycles. The van der Waals surface area contributed by atoms with Crippen LogP contribution in [0.1, 0.15) is 51.0 Å². The molecule has 4 nitrogen and oxygen atoms in total. The van der Waals surface area contributed by atoms with Crippen molar-refractivity contribution in [3.63, 3.8) is 0 Å². The summed E-state index contributed by atoms with van der Waals surface area (Å²) in [5.74, 6) is -0.834. The molecule has 0 unspecified atom stereocenters. The van der Waals surface area contributed by atoms with Gasteiger partial charge in [-0.05, 0) is 43.9 Å². The smallest absolute Gasteiger partial charge is 0.336 e. The van der Waals surface area contributed by atoms with Crippen LogP contribution < -0.4 is 5.32 Å². The van der Waals surface area contributed by atoms with Crippen LogP contribution in [0.3, 0.4) is 0 Å². The van der Waals surface area contributed by atoms with Gasteiger partial charge in [-0.2, -0.15) is 0 Å². The average molecular weight is 394 g/mol. The molecular weight excluding hydrogens is 373 g/mol. The predicted octanol–water partition coefficient (Wildman–Crippen LogP) is 4.91. The summed E-state index contributed by atoms with van der Waals surface area (Å²) in [5, 5.41) is 4.09. The average Bonchev–Trinajstić information content (AvgIpc) is 2.61. The fraction of sp³-hybridized carbons (Fsp3) is 0.400. The molecule has 0 aromatic heterocycles. The number of rotatable bonds is 4. The van der Waals surface area contributed by atoms with Crippen LogP contribution in [0.25, 0.3) is 0 Å². The van der Waals surface area contributed by atoms with Crippen molar-refractivity contribution in [3.05, 3.63) is 56.3 Å². The minimum Gasteiger partial charge on any atom is -0.462 e. The third-order valence-electron chi connectivity index (χ3n) is 4.71. The number of carbonyl (C=O) groups excluding carboxylic acids is 2. The SMILES string of the molecule is CCCOC(=O)C1=C(C)NC2=C(C(=O)CCC2)[C@H]1c1ccc(Cl)c(Cl)c1. The minimum absolute atomic E-state index is 0.0584. The lowest BCUT2D eigenvalue weighted by Crippen LogP contribution is -2.34. The number of ether oxygens (including phenoxy) is 1. The monoisotopic (exact) mass is 393 g/mol. The van der Waals surface area contributed by atoms with Gasteiger partial charge in [0.25, 0.3) is 0 Å². The first-order chi connectivity index (χ1) is 12.4. The maximum Gasteiger partial charge on any atom is 0.336 e. The second-order valence-electron chi connectivity index (χ2n) is 6.58. The number of carbonyl (C=O) groups is 2. The third kappa shape index (κ3) is 3.53. The molecule has 3 rings (SSSR count). The molecule has 6 heteroatoms. The van der Waals surface area contributed by atoms with Crippen molar-refractivity contribution in [2.75, 3.05) is 6.61 Å². The zero-order valence-corrected chi connectivity index (χ0v) is 16.3. The Labute approximate surface area is 163 Å². The van der Waals surface area contributed by atoms with Crippen molar-refractivity contribution in [1.82, 2.24) is 5.32 Å². The first-order valence-electron chi connectivity index (χ1n) is 8.80. The highest BCUT2D eigenvalue weighted by molar-refractivity contribution is 6.42. The van der Waals surface area contributed by atoms with Gasteiger partial charge in [-0.15, -0.1) is 0 Å². The van der Waals surface area contributed by atoms with Crippen molar-refractivity contribution in [2.45, 2.75) is 45.4 Å².